The van der Waals surface area contributed by atoms with Gasteiger partial charge in [-0.2, -0.15) is 5.01 Å². The zero-order valence-corrected chi connectivity index (χ0v) is 20.3. The number of hydrogen-bond donors (Lipinski definition) is 0. The lowest BCUT2D eigenvalue weighted by molar-refractivity contribution is 0.431. The lowest BCUT2D eigenvalue weighted by atomic mass is 9.94. The van der Waals surface area contributed by atoms with Gasteiger partial charge in [-0.05, 0) is 29.8 Å². The minimum atomic E-state index is -0.364. The number of anilines is 2. The van der Waals surface area contributed by atoms with Gasteiger partial charge in [0.1, 0.15) is 11.7 Å². The third-order valence-electron chi connectivity index (χ3n) is 6.49. The average molecular weight is 502 g/mol. The maximum Gasteiger partial charge on any atom is 0.246 e. The van der Waals surface area contributed by atoms with Gasteiger partial charge < -0.3 is 4.52 Å². The molecule has 2 aliphatic rings. The molecule has 4 aromatic carbocycles. The molecule has 0 saturated heterocycles. The van der Waals surface area contributed by atoms with Gasteiger partial charge in [-0.1, -0.05) is 108 Å². The summed E-state index contributed by atoms with van der Waals surface area (Å²) in [7, 11) is 0. The summed E-state index contributed by atoms with van der Waals surface area (Å²) >= 11 is 6.23. The molecule has 5 aromatic rings. The van der Waals surface area contributed by atoms with Gasteiger partial charge in [-0.15, -0.1) is 5.10 Å². The molecule has 0 radical (unpaired) electrons. The SMILES string of the molecule is Clc1ccc(C2N=C3N(c4ccccc4)N=C(c4ccccc4)N3c3onc(-c4ccccc4)c32)cc1. The highest BCUT2D eigenvalue weighted by Crippen LogP contribution is 2.46. The topological polar surface area (TPSA) is 57.2 Å². The van der Waals surface area contributed by atoms with Crippen LogP contribution in [0.3, 0.4) is 0 Å². The second-order valence-electron chi connectivity index (χ2n) is 8.77. The number of rotatable bonds is 4. The van der Waals surface area contributed by atoms with Crippen LogP contribution in [0.4, 0.5) is 11.6 Å². The lowest BCUT2D eigenvalue weighted by Gasteiger charge is -2.29. The Bertz CT molecular complexity index is 1630. The first kappa shape index (κ1) is 21.6. The van der Waals surface area contributed by atoms with E-state index in [1.807, 2.05) is 125 Å². The van der Waals surface area contributed by atoms with Gasteiger partial charge in [0.2, 0.25) is 11.8 Å². The fraction of sp³-hybridized carbons (Fsp3) is 0.0333. The standard InChI is InChI=1S/C30H20ClN5O/c31-23-18-16-21(17-19-23)26-25-27(20-10-4-1-5-11-20)34-37-29(25)35-28(22-12-6-2-7-13-22)33-36(30(35)32-26)24-14-8-3-9-15-24/h1-19,26H. The number of amidine groups is 1. The van der Waals surface area contributed by atoms with Crippen molar-refractivity contribution in [3.8, 4) is 11.3 Å². The van der Waals surface area contributed by atoms with Crippen molar-refractivity contribution in [1.29, 1.82) is 0 Å². The normalized spacial score (nSPS) is 16.2. The van der Waals surface area contributed by atoms with Crippen LogP contribution < -0.4 is 9.91 Å². The molecule has 0 fully saturated rings. The Morgan fingerprint density at radius 1 is 0.703 bits per heavy atom. The second-order valence-corrected chi connectivity index (χ2v) is 9.21. The largest absolute Gasteiger partial charge is 0.337 e. The zero-order valence-electron chi connectivity index (χ0n) is 19.6. The van der Waals surface area contributed by atoms with Crippen molar-refractivity contribution in [3.63, 3.8) is 0 Å². The summed E-state index contributed by atoms with van der Waals surface area (Å²) in [5.41, 5.74) is 5.43. The molecule has 0 amide bonds. The van der Waals surface area contributed by atoms with Crippen molar-refractivity contribution in [2.75, 3.05) is 9.91 Å². The van der Waals surface area contributed by atoms with Crippen LogP contribution in [0.5, 0.6) is 0 Å². The van der Waals surface area contributed by atoms with Crippen molar-refractivity contribution in [1.82, 2.24) is 5.16 Å². The molecule has 0 spiro atoms. The number of aliphatic imine (C=N–C) groups is 1. The summed E-state index contributed by atoms with van der Waals surface area (Å²) in [6.45, 7) is 0. The van der Waals surface area contributed by atoms with E-state index in [1.54, 1.807) is 0 Å². The molecule has 37 heavy (non-hydrogen) atoms. The molecule has 6 nitrogen and oxygen atoms in total. The number of aromatic nitrogens is 1. The molecule has 0 saturated carbocycles. The molecule has 2 aliphatic heterocycles. The Labute approximate surface area is 218 Å². The summed E-state index contributed by atoms with van der Waals surface area (Å²) in [5, 5.41) is 12.1. The van der Waals surface area contributed by atoms with Gasteiger partial charge >= 0.3 is 0 Å². The lowest BCUT2D eigenvalue weighted by Crippen LogP contribution is -2.41. The van der Waals surface area contributed by atoms with Crippen molar-refractivity contribution in [3.05, 3.63) is 137 Å². The second kappa shape index (κ2) is 8.76. The van der Waals surface area contributed by atoms with Gasteiger partial charge in [-0.3, -0.25) is 0 Å². The first-order valence-electron chi connectivity index (χ1n) is 12.0. The smallest absolute Gasteiger partial charge is 0.246 e. The third kappa shape index (κ3) is 3.61. The summed E-state index contributed by atoms with van der Waals surface area (Å²) in [5.74, 6) is 1.97. The Morgan fingerprint density at radius 2 is 1.32 bits per heavy atom. The third-order valence-corrected chi connectivity index (χ3v) is 6.74. The summed E-state index contributed by atoms with van der Waals surface area (Å²) < 4.78 is 6.13. The van der Waals surface area contributed by atoms with Crippen molar-refractivity contribution < 1.29 is 4.52 Å². The van der Waals surface area contributed by atoms with Crippen molar-refractivity contribution in [2.24, 2.45) is 10.1 Å². The number of halogens is 1. The van der Waals surface area contributed by atoms with Crippen LogP contribution in [0.1, 0.15) is 22.7 Å². The molecular formula is C30H20ClN5O. The summed E-state index contributed by atoms with van der Waals surface area (Å²) in [6, 6.07) is 37.5. The van der Waals surface area contributed by atoms with Crippen LogP contribution in [0, 0.1) is 0 Å². The van der Waals surface area contributed by atoms with E-state index < -0.39 is 0 Å². The Kier molecular flexibility index (Phi) is 5.11. The Morgan fingerprint density at radius 3 is 2.00 bits per heavy atom. The predicted molar refractivity (Wildman–Crippen MR) is 147 cm³/mol. The molecular weight excluding hydrogens is 482 g/mol. The van der Waals surface area contributed by atoms with Gasteiger partial charge in [0, 0.05) is 16.1 Å². The van der Waals surface area contributed by atoms with Crippen molar-refractivity contribution >= 4 is 35.0 Å². The highest BCUT2D eigenvalue weighted by atomic mass is 35.5. The Balaban J connectivity index is 1.48. The van der Waals surface area contributed by atoms with Gasteiger partial charge in [0.25, 0.3) is 0 Å². The predicted octanol–water partition coefficient (Wildman–Crippen LogP) is 7.14. The van der Waals surface area contributed by atoms with Crippen LogP contribution in [-0.2, 0) is 0 Å². The minimum Gasteiger partial charge on any atom is -0.337 e. The maximum absolute atomic E-state index is 6.23. The first-order chi connectivity index (χ1) is 18.3. The summed E-state index contributed by atoms with van der Waals surface area (Å²) in [4.78, 5) is 7.25. The number of para-hydroxylation sites is 1. The average Bonchev–Trinajstić information content (AvgIpc) is 3.57. The molecule has 3 heterocycles. The van der Waals surface area contributed by atoms with E-state index in [1.165, 1.54) is 0 Å². The quantitative estimate of drug-likeness (QED) is 0.262. The van der Waals surface area contributed by atoms with E-state index >= 15 is 0 Å². The van der Waals surface area contributed by atoms with Crippen LogP contribution in [0.2, 0.25) is 5.02 Å². The highest BCUT2D eigenvalue weighted by Gasteiger charge is 2.44. The Hall–Kier alpha value is -4.68. The zero-order chi connectivity index (χ0) is 24.8. The van der Waals surface area contributed by atoms with E-state index in [4.69, 9.17) is 26.2 Å². The van der Waals surface area contributed by atoms with Gasteiger partial charge in [-0.25, -0.2) is 9.89 Å². The van der Waals surface area contributed by atoms with E-state index in [2.05, 4.69) is 5.16 Å². The fourth-order valence-electron chi connectivity index (χ4n) is 4.76. The molecule has 0 N–H and O–H groups in total. The monoisotopic (exact) mass is 501 g/mol. The highest BCUT2D eigenvalue weighted by molar-refractivity contribution is 6.32. The summed E-state index contributed by atoms with van der Waals surface area (Å²) in [6.07, 6.45) is 0. The number of hydrogen-bond acceptors (Lipinski definition) is 6. The van der Waals surface area contributed by atoms with E-state index in [9.17, 15) is 0 Å². The van der Waals surface area contributed by atoms with Crippen LogP contribution in [0.15, 0.2) is 130 Å². The molecule has 7 rings (SSSR count). The van der Waals surface area contributed by atoms with E-state index in [0.717, 1.165) is 39.5 Å². The fourth-order valence-corrected chi connectivity index (χ4v) is 4.88. The maximum atomic E-state index is 6.23. The number of fused-ring (bicyclic) bond motifs is 3. The number of benzene rings is 4. The van der Waals surface area contributed by atoms with Crippen LogP contribution >= 0.6 is 11.6 Å². The van der Waals surface area contributed by atoms with Gasteiger partial charge in [0.15, 0.2) is 5.84 Å². The molecule has 1 unspecified atom stereocenters. The molecule has 7 heteroatoms. The molecule has 1 aromatic heterocycles. The number of nitrogens with zero attached hydrogens (tertiary/aromatic N) is 5. The minimum absolute atomic E-state index is 0.364. The van der Waals surface area contributed by atoms with E-state index in [0.29, 0.717) is 16.9 Å². The van der Waals surface area contributed by atoms with Crippen LogP contribution in [-0.4, -0.2) is 17.0 Å². The molecule has 0 bridgehead atoms. The first-order valence-corrected chi connectivity index (χ1v) is 12.3. The molecule has 1 atom stereocenters. The number of hydrazone groups is 1. The molecule has 178 valence electrons. The van der Waals surface area contributed by atoms with Gasteiger partial charge in [0.05, 0.1) is 11.3 Å². The number of guanidine groups is 1. The van der Waals surface area contributed by atoms with Crippen LogP contribution in [0.25, 0.3) is 11.3 Å². The van der Waals surface area contributed by atoms with Crippen molar-refractivity contribution in [2.45, 2.75) is 6.04 Å². The van der Waals surface area contributed by atoms with E-state index in [-0.39, 0.29) is 6.04 Å². The molecule has 0 aliphatic carbocycles.